The van der Waals surface area contributed by atoms with E-state index in [0.717, 1.165) is 40.4 Å². The van der Waals surface area contributed by atoms with E-state index < -0.39 is 30.0 Å². The first-order valence-electron chi connectivity index (χ1n) is 14.8. The summed E-state index contributed by atoms with van der Waals surface area (Å²) in [5, 5.41) is 2.86. The van der Waals surface area contributed by atoms with E-state index in [9.17, 15) is 13.2 Å². The van der Waals surface area contributed by atoms with Crippen molar-refractivity contribution >= 4 is 30.0 Å². The zero-order valence-corrected chi connectivity index (χ0v) is 27.6. The topological polar surface area (TPSA) is 84.9 Å². The fraction of sp³-hybridized carbons (Fsp3) is 0.531. The van der Waals surface area contributed by atoms with Gasteiger partial charge in [-0.2, -0.15) is 4.31 Å². The average Bonchev–Trinajstić information content (AvgIpc) is 3.35. The second kappa shape index (κ2) is 14.1. The largest absolute Gasteiger partial charge is 0.444 e. The molecule has 9 heteroatoms. The number of allylic oxidation sites excluding steroid dienone is 1. The molecule has 2 aromatic carbocycles. The standard InChI is InChI=1S/C32H48N2O5SSi/c1-8-41(9-2,10-3)39-30-24-34(40(36,37)27-20-18-25(4)19-21-27)23-29(30)28(26-15-12-11-13-16-26)17-14-22-33-31(35)38-32(5,6)7/h11-13,15-16,18-21,30H,8-10,14,17,22-24H2,1-7H3,(H,33,35)/b29-28+. The van der Waals surface area contributed by atoms with Crippen LogP contribution in [0.15, 0.2) is 65.1 Å². The van der Waals surface area contributed by atoms with E-state index in [0.29, 0.717) is 30.8 Å². The van der Waals surface area contributed by atoms with Crippen LogP contribution in [0, 0.1) is 6.92 Å². The van der Waals surface area contributed by atoms with Crippen molar-refractivity contribution in [1.82, 2.24) is 9.62 Å². The molecule has 1 aliphatic heterocycles. The predicted octanol–water partition coefficient (Wildman–Crippen LogP) is 7.15. The van der Waals surface area contributed by atoms with E-state index in [1.54, 1.807) is 16.4 Å². The van der Waals surface area contributed by atoms with Gasteiger partial charge in [0.05, 0.1) is 11.0 Å². The zero-order valence-electron chi connectivity index (χ0n) is 25.8. The lowest BCUT2D eigenvalue weighted by Gasteiger charge is -2.33. The van der Waals surface area contributed by atoms with Crippen LogP contribution >= 0.6 is 0 Å². The summed E-state index contributed by atoms with van der Waals surface area (Å²) in [6.07, 6.45) is 0.610. The Morgan fingerprint density at radius 2 is 1.61 bits per heavy atom. The van der Waals surface area contributed by atoms with Crippen molar-refractivity contribution in [2.24, 2.45) is 0 Å². The molecular formula is C32H48N2O5SSi. The van der Waals surface area contributed by atoms with Gasteiger partial charge < -0.3 is 14.5 Å². The first kappa shape index (κ1) is 33.0. The maximum atomic E-state index is 13.8. The maximum absolute atomic E-state index is 13.8. The molecule has 1 saturated heterocycles. The summed E-state index contributed by atoms with van der Waals surface area (Å²) in [5.41, 5.74) is 3.63. The number of carbonyl (C=O) groups is 1. The Labute approximate surface area is 248 Å². The Hall–Kier alpha value is -2.46. The van der Waals surface area contributed by atoms with Crippen LogP contribution in [-0.4, -0.2) is 58.5 Å². The highest BCUT2D eigenvalue weighted by Crippen LogP contribution is 2.37. The van der Waals surface area contributed by atoms with Gasteiger partial charge in [0.2, 0.25) is 10.0 Å². The molecule has 0 saturated carbocycles. The second-order valence-electron chi connectivity index (χ2n) is 11.9. The van der Waals surface area contributed by atoms with Gasteiger partial charge in [0, 0.05) is 19.6 Å². The molecule has 0 radical (unpaired) electrons. The molecule has 3 rings (SSSR count). The highest BCUT2D eigenvalue weighted by Gasteiger charge is 2.42. The van der Waals surface area contributed by atoms with E-state index in [1.165, 1.54) is 0 Å². The summed E-state index contributed by atoms with van der Waals surface area (Å²) >= 11 is 0. The third-order valence-electron chi connectivity index (χ3n) is 7.87. The Bertz CT molecular complexity index is 1280. The molecule has 1 atom stereocenters. The van der Waals surface area contributed by atoms with Gasteiger partial charge in [-0.1, -0.05) is 68.8 Å². The smallest absolute Gasteiger partial charge is 0.407 e. The number of amides is 1. The van der Waals surface area contributed by atoms with Gasteiger partial charge in [0.1, 0.15) is 5.60 Å². The number of hydrogen-bond acceptors (Lipinski definition) is 5. The quantitative estimate of drug-likeness (QED) is 0.207. The molecule has 1 amide bonds. The molecule has 1 fully saturated rings. The lowest BCUT2D eigenvalue weighted by molar-refractivity contribution is 0.0527. The van der Waals surface area contributed by atoms with Crippen molar-refractivity contribution in [1.29, 1.82) is 0 Å². The van der Waals surface area contributed by atoms with Gasteiger partial charge in [-0.05, 0) is 87.5 Å². The summed E-state index contributed by atoms with van der Waals surface area (Å²) in [5.74, 6) is 0. The van der Waals surface area contributed by atoms with Crippen LogP contribution < -0.4 is 5.32 Å². The van der Waals surface area contributed by atoms with Crippen molar-refractivity contribution in [2.45, 2.75) is 96.0 Å². The van der Waals surface area contributed by atoms with Crippen molar-refractivity contribution in [2.75, 3.05) is 19.6 Å². The average molecular weight is 601 g/mol. The number of nitrogens with zero attached hydrogens (tertiary/aromatic N) is 1. The minimum Gasteiger partial charge on any atom is -0.444 e. The number of nitrogens with one attached hydrogen (secondary N) is 1. The van der Waals surface area contributed by atoms with Crippen LogP contribution in [0.25, 0.3) is 5.57 Å². The normalized spacial score (nSPS) is 17.9. The summed E-state index contributed by atoms with van der Waals surface area (Å²) in [6.45, 7) is 15.1. The Morgan fingerprint density at radius 3 is 2.17 bits per heavy atom. The minimum absolute atomic E-state index is 0.284. The molecule has 0 spiro atoms. The second-order valence-corrected chi connectivity index (χ2v) is 18.5. The summed E-state index contributed by atoms with van der Waals surface area (Å²) in [6, 6.07) is 20.1. The first-order chi connectivity index (χ1) is 19.3. The number of benzene rings is 2. The number of hydrogen-bond donors (Lipinski definition) is 1. The molecular weight excluding hydrogens is 553 g/mol. The van der Waals surface area contributed by atoms with Crippen LogP contribution in [0.5, 0.6) is 0 Å². The predicted molar refractivity (Wildman–Crippen MR) is 169 cm³/mol. The molecule has 226 valence electrons. The number of alkyl carbamates (subject to hydrolysis) is 1. The summed E-state index contributed by atoms with van der Waals surface area (Å²) in [4.78, 5) is 12.5. The highest BCUT2D eigenvalue weighted by molar-refractivity contribution is 7.89. The van der Waals surface area contributed by atoms with Crippen molar-refractivity contribution < 1.29 is 22.4 Å². The Balaban J connectivity index is 1.99. The van der Waals surface area contributed by atoms with E-state index >= 15 is 0 Å². The van der Waals surface area contributed by atoms with Gasteiger partial charge >= 0.3 is 6.09 Å². The summed E-state index contributed by atoms with van der Waals surface area (Å²) in [7, 11) is -5.76. The fourth-order valence-electron chi connectivity index (χ4n) is 5.29. The van der Waals surface area contributed by atoms with Gasteiger partial charge in [-0.15, -0.1) is 0 Å². The van der Waals surface area contributed by atoms with Gasteiger partial charge in [-0.25, -0.2) is 13.2 Å². The maximum Gasteiger partial charge on any atom is 0.407 e. The molecule has 0 bridgehead atoms. The molecule has 1 N–H and O–H groups in total. The van der Waals surface area contributed by atoms with Crippen LogP contribution in [-0.2, 0) is 19.2 Å². The molecule has 1 aliphatic rings. The first-order valence-corrected chi connectivity index (χ1v) is 18.8. The third-order valence-corrected chi connectivity index (χ3v) is 14.3. The van der Waals surface area contributed by atoms with E-state index in [1.807, 2.05) is 58.0 Å². The molecule has 41 heavy (non-hydrogen) atoms. The zero-order chi connectivity index (χ0) is 30.3. The van der Waals surface area contributed by atoms with Crippen molar-refractivity contribution in [3.8, 4) is 0 Å². The van der Waals surface area contributed by atoms with Crippen LogP contribution in [0.4, 0.5) is 4.79 Å². The van der Waals surface area contributed by atoms with Crippen molar-refractivity contribution in [3.05, 3.63) is 71.3 Å². The van der Waals surface area contributed by atoms with E-state index in [4.69, 9.17) is 9.16 Å². The lowest BCUT2D eigenvalue weighted by Crippen LogP contribution is -2.41. The number of sulfonamides is 1. The molecule has 7 nitrogen and oxygen atoms in total. The fourth-order valence-corrected chi connectivity index (χ4v) is 9.53. The Morgan fingerprint density at radius 1 is 1.00 bits per heavy atom. The SMILES string of the molecule is CC[Si](CC)(CC)OC1CN(S(=O)(=O)c2ccc(C)cc2)C/C1=C(/CCCNC(=O)OC(C)(C)C)c1ccccc1. The molecule has 1 heterocycles. The van der Waals surface area contributed by atoms with Crippen LogP contribution in [0.1, 0.15) is 65.5 Å². The third kappa shape index (κ3) is 8.77. The lowest BCUT2D eigenvalue weighted by atomic mass is 9.94. The Kier molecular flexibility index (Phi) is 11.4. The molecule has 0 aliphatic carbocycles. The number of ether oxygens (including phenoxy) is 1. The number of aryl methyl sites for hydroxylation is 1. The van der Waals surface area contributed by atoms with Gasteiger partial charge in [0.25, 0.3) is 0 Å². The van der Waals surface area contributed by atoms with Crippen LogP contribution in [0.3, 0.4) is 0 Å². The minimum atomic E-state index is -3.71. The molecule has 1 unspecified atom stereocenters. The van der Waals surface area contributed by atoms with Gasteiger partial charge in [0.15, 0.2) is 8.32 Å². The molecule has 0 aromatic heterocycles. The molecule has 2 aromatic rings. The summed E-state index contributed by atoms with van der Waals surface area (Å²) < 4.78 is 41.6. The van der Waals surface area contributed by atoms with E-state index in [2.05, 4.69) is 38.2 Å². The van der Waals surface area contributed by atoms with E-state index in [-0.39, 0.29) is 12.6 Å². The van der Waals surface area contributed by atoms with Crippen molar-refractivity contribution in [3.63, 3.8) is 0 Å². The highest BCUT2D eigenvalue weighted by atomic mass is 32.2. The van der Waals surface area contributed by atoms with Gasteiger partial charge in [-0.3, -0.25) is 0 Å². The number of carbonyl (C=O) groups excluding carboxylic acids is 1. The van der Waals surface area contributed by atoms with Crippen LogP contribution in [0.2, 0.25) is 18.1 Å². The monoisotopic (exact) mass is 600 g/mol. The number of rotatable bonds is 12.